The van der Waals surface area contributed by atoms with E-state index >= 15 is 0 Å². The van der Waals surface area contributed by atoms with E-state index in [2.05, 4.69) is 17.1 Å². The summed E-state index contributed by atoms with van der Waals surface area (Å²) in [5.41, 5.74) is 1.86. The maximum atomic E-state index is 12.9. The van der Waals surface area contributed by atoms with E-state index in [9.17, 15) is 4.79 Å². The molecule has 130 valence electrons. The molecule has 0 saturated carbocycles. The predicted octanol–water partition coefficient (Wildman–Crippen LogP) is 5.14. The van der Waals surface area contributed by atoms with Gasteiger partial charge in [0.1, 0.15) is 0 Å². The topological polar surface area (TPSA) is 32.3 Å². The summed E-state index contributed by atoms with van der Waals surface area (Å²) in [5, 5.41) is 4.46. The van der Waals surface area contributed by atoms with E-state index in [0.29, 0.717) is 33.0 Å². The average Bonchev–Trinajstić information content (AvgIpc) is 2.63. The zero-order valence-electron chi connectivity index (χ0n) is 14.2. The number of rotatable bonds is 3. The maximum Gasteiger partial charge on any atom is 0.195 e. The Bertz CT molecular complexity index is 779. The highest BCUT2D eigenvalue weighted by Crippen LogP contribution is 2.25. The van der Waals surface area contributed by atoms with Crippen molar-refractivity contribution >= 4 is 40.4 Å². The number of nitrogens with zero attached hydrogens (tertiary/aromatic N) is 1. The maximum absolute atomic E-state index is 12.9. The highest BCUT2D eigenvalue weighted by atomic mass is 35.5. The standard InChI is InChI=1S/C20H21ClN2OS/c1-14-7-5-6-12-23(14)20(25)22-18-11-10-16(21)13-17(18)19(24)15-8-3-2-4-9-15/h2-4,8-11,13-14H,5-7,12H2,1H3,(H,22,25)/t14-/m0/s1. The monoisotopic (exact) mass is 372 g/mol. The molecule has 0 radical (unpaired) electrons. The molecule has 2 aromatic carbocycles. The smallest absolute Gasteiger partial charge is 0.195 e. The highest BCUT2D eigenvalue weighted by Gasteiger charge is 2.22. The molecule has 25 heavy (non-hydrogen) atoms. The number of anilines is 1. The molecule has 1 saturated heterocycles. The summed E-state index contributed by atoms with van der Waals surface area (Å²) in [6, 6.07) is 14.9. The summed E-state index contributed by atoms with van der Waals surface area (Å²) in [6.07, 6.45) is 3.51. The average molecular weight is 373 g/mol. The Balaban J connectivity index is 1.87. The fraction of sp³-hybridized carbons (Fsp3) is 0.300. The van der Waals surface area contributed by atoms with Crippen molar-refractivity contribution in [3.63, 3.8) is 0 Å². The van der Waals surface area contributed by atoms with Gasteiger partial charge in [-0.2, -0.15) is 0 Å². The lowest BCUT2D eigenvalue weighted by Crippen LogP contribution is -2.44. The highest BCUT2D eigenvalue weighted by molar-refractivity contribution is 7.80. The summed E-state index contributed by atoms with van der Waals surface area (Å²) in [4.78, 5) is 15.1. The third-order valence-corrected chi connectivity index (χ3v) is 5.14. The molecule has 0 unspecified atom stereocenters. The Morgan fingerprint density at radius 1 is 1.20 bits per heavy atom. The van der Waals surface area contributed by atoms with Crippen molar-refractivity contribution in [2.45, 2.75) is 32.2 Å². The van der Waals surface area contributed by atoms with Crippen molar-refractivity contribution in [2.75, 3.05) is 11.9 Å². The van der Waals surface area contributed by atoms with Crippen LogP contribution in [0.15, 0.2) is 48.5 Å². The van der Waals surface area contributed by atoms with E-state index in [1.165, 1.54) is 6.42 Å². The first-order valence-corrected chi connectivity index (χ1v) is 9.32. The number of benzene rings is 2. The zero-order valence-corrected chi connectivity index (χ0v) is 15.7. The van der Waals surface area contributed by atoms with Gasteiger partial charge in [0.05, 0.1) is 5.69 Å². The summed E-state index contributed by atoms with van der Waals surface area (Å²) >= 11 is 11.7. The quantitative estimate of drug-likeness (QED) is 0.597. The summed E-state index contributed by atoms with van der Waals surface area (Å²) in [7, 11) is 0. The van der Waals surface area contributed by atoms with Crippen LogP contribution in [0, 0.1) is 0 Å². The first kappa shape index (κ1) is 17.9. The van der Waals surface area contributed by atoms with Gasteiger partial charge in [0.25, 0.3) is 0 Å². The van der Waals surface area contributed by atoms with Crippen LogP contribution in [-0.4, -0.2) is 28.4 Å². The Morgan fingerprint density at radius 2 is 1.96 bits per heavy atom. The first-order chi connectivity index (χ1) is 12.1. The van der Waals surface area contributed by atoms with Crippen LogP contribution in [0.25, 0.3) is 0 Å². The first-order valence-electron chi connectivity index (χ1n) is 8.53. The number of likely N-dealkylation sites (tertiary alicyclic amines) is 1. The molecule has 3 rings (SSSR count). The molecule has 0 spiro atoms. The van der Waals surface area contributed by atoms with Gasteiger partial charge >= 0.3 is 0 Å². The molecule has 1 aliphatic heterocycles. The van der Waals surface area contributed by atoms with Gasteiger partial charge in [-0.1, -0.05) is 41.9 Å². The van der Waals surface area contributed by atoms with E-state index in [-0.39, 0.29) is 5.78 Å². The molecule has 0 aromatic heterocycles. The molecular formula is C20H21ClN2OS. The number of thiocarbonyl (C=S) groups is 1. The van der Waals surface area contributed by atoms with Crippen molar-refractivity contribution in [3.8, 4) is 0 Å². The number of carbonyl (C=O) groups excluding carboxylic acids is 1. The van der Waals surface area contributed by atoms with Gasteiger partial charge in [0, 0.05) is 28.7 Å². The van der Waals surface area contributed by atoms with Gasteiger partial charge in [-0.05, 0) is 56.6 Å². The normalized spacial score (nSPS) is 17.2. The van der Waals surface area contributed by atoms with Gasteiger partial charge in [-0.15, -0.1) is 0 Å². The second-order valence-corrected chi connectivity index (χ2v) is 7.18. The van der Waals surface area contributed by atoms with Crippen LogP contribution in [0.5, 0.6) is 0 Å². The Morgan fingerprint density at radius 3 is 2.68 bits per heavy atom. The van der Waals surface area contributed by atoms with Crippen molar-refractivity contribution in [1.82, 2.24) is 4.90 Å². The molecule has 1 aliphatic rings. The Kier molecular flexibility index (Phi) is 5.71. The molecule has 1 heterocycles. The lowest BCUT2D eigenvalue weighted by atomic mass is 10.0. The minimum absolute atomic E-state index is 0.0694. The molecule has 3 nitrogen and oxygen atoms in total. The van der Waals surface area contributed by atoms with Crippen LogP contribution in [-0.2, 0) is 0 Å². The summed E-state index contributed by atoms with van der Waals surface area (Å²) in [6.45, 7) is 3.13. The van der Waals surface area contributed by atoms with Crippen LogP contribution in [0.1, 0.15) is 42.1 Å². The van der Waals surface area contributed by atoms with Crippen LogP contribution in [0.2, 0.25) is 5.02 Å². The molecule has 0 aliphatic carbocycles. The van der Waals surface area contributed by atoms with Crippen molar-refractivity contribution in [1.29, 1.82) is 0 Å². The second-order valence-electron chi connectivity index (χ2n) is 6.35. The van der Waals surface area contributed by atoms with Crippen molar-refractivity contribution < 1.29 is 4.79 Å². The number of hydrogen-bond donors (Lipinski definition) is 1. The SMILES string of the molecule is C[C@H]1CCCCN1C(=S)Nc1ccc(Cl)cc1C(=O)c1ccccc1. The number of piperidine rings is 1. The van der Waals surface area contributed by atoms with E-state index in [4.69, 9.17) is 23.8 Å². The fourth-order valence-electron chi connectivity index (χ4n) is 3.15. The molecule has 0 bridgehead atoms. The van der Waals surface area contributed by atoms with E-state index in [0.717, 1.165) is 19.4 Å². The van der Waals surface area contributed by atoms with Crippen LogP contribution in [0.4, 0.5) is 5.69 Å². The van der Waals surface area contributed by atoms with Crippen LogP contribution >= 0.6 is 23.8 Å². The van der Waals surface area contributed by atoms with E-state index < -0.39 is 0 Å². The van der Waals surface area contributed by atoms with Gasteiger partial charge < -0.3 is 10.2 Å². The predicted molar refractivity (Wildman–Crippen MR) is 108 cm³/mol. The van der Waals surface area contributed by atoms with Gasteiger partial charge in [-0.3, -0.25) is 4.79 Å². The van der Waals surface area contributed by atoms with Crippen LogP contribution < -0.4 is 5.32 Å². The Labute approximate surface area is 159 Å². The van der Waals surface area contributed by atoms with Crippen LogP contribution in [0.3, 0.4) is 0 Å². The number of carbonyl (C=O) groups is 1. The molecule has 5 heteroatoms. The number of hydrogen-bond acceptors (Lipinski definition) is 2. The largest absolute Gasteiger partial charge is 0.346 e. The lowest BCUT2D eigenvalue weighted by molar-refractivity contribution is 0.103. The second kappa shape index (κ2) is 7.98. The minimum atomic E-state index is -0.0694. The van der Waals surface area contributed by atoms with E-state index in [1.807, 2.05) is 24.3 Å². The molecule has 0 amide bonds. The number of halogens is 1. The number of nitrogens with one attached hydrogen (secondary N) is 1. The third-order valence-electron chi connectivity index (χ3n) is 4.57. The lowest BCUT2D eigenvalue weighted by Gasteiger charge is -2.35. The summed E-state index contributed by atoms with van der Waals surface area (Å²) < 4.78 is 0. The van der Waals surface area contributed by atoms with Gasteiger partial charge in [0.15, 0.2) is 10.9 Å². The fourth-order valence-corrected chi connectivity index (χ4v) is 3.70. The van der Waals surface area contributed by atoms with Gasteiger partial charge in [0.2, 0.25) is 0 Å². The molecule has 1 fully saturated rings. The Hall–Kier alpha value is -1.91. The molecule has 1 N–H and O–H groups in total. The molecule has 2 aromatic rings. The number of ketones is 1. The molecular weight excluding hydrogens is 352 g/mol. The zero-order chi connectivity index (χ0) is 17.8. The third kappa shape index (κ3) is 4.20. The van der Waals surface area contributed by atoms with Crippen molar-refractivity contribution in [3.05, 3.63) is 64.7 Å². The van der Waals surface area contributed by atoms with Crippen molar-refractivity contribution in [2.24, 2.45) is 0 Å². The minimum Gasteiger partial charge on any atom is -0.346 e. The van der Waals surface area contributed by atoms with E-state index in [1.54, 1.807) is 24.3 Å². The van der Waals surface area contributed by atoms with Gasteiger partial charge in [-0.25, -0.2) is 0 Å². The summed E-state index contributed by atoms with van der Waals surface area (Å²) in [5.74, 6) is -0.0694. The molecule has 1 atom stereocenters.